The topological polar surface area (TPSA) is 87.7 Å². The molecule has 0 saturated heterocycles. The van der Waals surface area contributed by atoms with Gasteiger partial charge in [-0.3, -0.25) is 9.59 Å². The van der Waals surface area contributed by atoms with E-state index in [0.717, 1.165) is 5.56 Å². The van der Waals surface area contributed by atoms with Gasteiger partial charge in [0.2, 0.25) is 11.8 Å². The molecule has 0 radical (unpaired) electrons. The van der Waals surface area contributed by atoms with Crippen LogP contribution in [0.15, 0.2) is 60.7 Å². The molecule has 2 N–H and O–H groups in total. The fourth-order valence-corrected chi connectivity index (χ4v) is 2.53. The van der Waals surface area contributed by atoms with Gasteiger partial charge in [0.1, 0.15) is 6.04 Å². The van der Waals surface area contributed by atoms with E-state index in [-0.39, 0.29) is 18.4 Å². The molecule has 0 bridgehead atoms. The highest BCUT2D eigenvalue weighted by Gasteiger charge is 2.25. The molecular weight excluding hydrogens is 346 g/mol. The second kappa shape index (κ2) is 9.96. The number of nitrogens with zero attached hydrogens (tertiary/aromatic N) is 1. The largest absolute Gasteiger partial charge is 0.453 e. The Balaban J connectivity index is 2.01. The Bertz CT molecular complexity index is 765. The van der Waals surface area contributed by atoms with Crippen LogP contribution in [0.2, 0.25) is 0 Å². The molecule has 142 valence electrons. The van der Waals surface area contributed by atoms with Crippen LogP contribution in [0, 0.1) is 0 Å². The van der Waals surface area contributed by atoms with Crippen LogP contribution < -0.4 is 10.6 Å². The van der Waals surface area contributed by atoms with Crippen molar-refractivity contribution < 1.29 is 19.1 Å². The average Bonchev–Trinajstić information content (AvgIpc) is 2.68. The number of carbonyl (C=O) groups is 3. The predicted octanol–water partition coefficient (Wildman–Crippen LogP) is 2.05. The molecule has 2 aromatic rings. The molecular formula is C20H23N3O4. The third-order valence-corrected chi connectivity index (χ3v) is 3.87. The molecule has 0 aromatic heterocycles. The fourth-order valence-electron chi connectivity index (χ4n) is 2.53. The Morgan fingerprint density at radius 2 is 1.59 bits per heavy atom. The molecule has 1 unspecified atom stereocenters. The lowest BCUT2D eigenvalue weighted by atomic mass is 10.1. The summed E-state index contributed by atoms with van der Waals surface area (Å²) in [7, 11) is 2.75. The molecule has 3 amide bonds. The number of carbonyl (C=O) groups excluding carboxylic acids is 3. The number of hydrogen-bond acceptors (Lipinski definition) is 4. The van der Waals surface area contributed by atoms with E-state index in [0.29, 0.717) is 12.1 Å². The Morgan fingerprint density at radius 3 is 2.19 bits per heavy atom. The van der Waals surface area contributed by atoms with E-state index in [1.54, 1.807) is 24.3 Å². The SMILES string of the molecule is COC(=O)NC(Cc1ccccc1)C(=O)N(C)CC(=O)Nc1ccccc1. The minimum atomic E-state index is -0.839. The van der Waals surface area contributed by atoms with Gasteiger partial charge in [-0.25, -0.2) is 4.79 Å². The third kappa shape index (κ3) is 6.47. The molecule has 7 nitrogen and oxygen atoms in total. The lowest BCUT2D eigenvalue weighted by Crippen LogP contribution is -2.50. The van der Waals surface area contributed by atoms with Gasteiger partial charge in [-0.05, 0) is 17.7 Å². The molecule has 0 fully saturated rings. The zero-order valence-corrected chi connectivity index (χ0v) is 15.3. The van der Waals surface area contributed by atoms with Gasteiger partial charge >= 0.3 is 6.09 Å². The summed E-state index contributed by atoms with van der Waals surface area (Å²) in [5.41, 5.74) is 1.53. The lowest BCUT2D eigenvalue weighted by Gasteiger charge is -2.24. The molecule has 0 spiro atoms. The molecule has 2 aromatic carbocycles. The minimum absolute atomic E-state index is 0.137. The number of para-hydroxylation sites is 1. The summed E-state index contributed by atoms with van der Waals surface area (Å²) in [6.45, 7) is -0.137. The molecule has 2 rings (SSSR count). The number of ether oxygens (including phenoxy) is 1. The van der Waals surface area contributed by atoms with E-state index in [9.17, 15) is 14.4 Å². The van der Waals surface area contributed by atoms with Crippen LogP contribution >= 0.6 is 0 Å². The van der Waals surface area contributed by atoms with E-state index in [1.165, 1.54) is 19.1 Å². The number of anilines is 1. The third-order valence-electron chi connectivity index (χ3n) is 3.87. The lowest BCUT2D eigenvalue weighted by molar-refractivity contribution is -0.135. The Hall–Kier alpha value is -3.35. The van der Waals surface area contributed by atoms with E-state index in [1.807, 2.05) is 36.4 Å². The molecule has 0 aliphatic heterocycles. The van der Waals surface area contributed by atoms with Crippen LogP contribution in [0.4, 0.5) is 10.5 Å². The van der Waals surface area contributed by atoms with Gasteiger partial charge in [-0.15, -0.1) is 0 Å². The fraction of sp³-hybridized carbons (Fsp3) is 0.250. The maximum absolute atomic E-state index is 12.8. The van der Waals surface area contributed by atoms with Crippen molar-refractivity contribution in [3.05, 3.63) is 66.2 Å². The molecule has 0 heterocycles. The summed E-state index contributed by atoms with van der Waals surface area (Å²) >= 11 is 0. The molecule has 7 heteroatoms. The van der Waals surface area contributed by atoms with Crippen molar-refractivity contribution in [1.82, 2.24) is 10.2 Å². The number of likely N-dealkylation sites (N-methyl/N-ethyl adjacent to an activating group) is 1. The number of benzene rings is 2. The smallest absolute Gasteiger partial charge is 0.407 e. The summed E-state index contributed by atoms with van der Waals surface area (Å²) in [6, 6.07) is 17.4. The van der Waals surface area contributed by atoms with Crippen molar-refractivity contribution in [2.24, 2.45) is 0 Å². The second-order valence-electron chi connectivity index (χ2n) is 5.99. The first-order valence-electron chi connectivity index (χ1n) is 8.48. The van der Waals surface area contributed by atoms with Crippen molar-refractivity contribution in [2.75, 3.05) is 26.0 Å². The summed E-state index contributed by atoms with van der Waals surface area (Å²) < 4.78 is 4.61. The Labute approximate surface area is 158 Å². The van der Waals surface area contributed by atoms with Crippen LogP contribution in [-0.4, -0.2) is 49.6 Å². The first-order valence-corrected chi connectivity index (χ1v) is 8.48. The van der Waals surface area contributed by atoms with Crippen LogP contribution in [-0.2, 0) is 20.7 Å². The standard InChI is InChI=1S/C20H23N3O4/c1-23(14-18(24)21-16-11-7-4-8-12-16)19(25)17(22-20(26)27-2)13-15-9-5-3-6-10-15/h3-12,17H,13-14H2,1-2H3,(H,21,24)(H,22,26). The quantitative estimate of drug-likeness (QED) is 0.782. The maximum atomic E-state index is 12.8. The monoisotopic (exact) mass is 369 g/mol. The number of alkyl carbamates (subject to hydrolysis) is 1. The van der Waals surface area contributed by atoms with Crippen molar-refractivity contribution in [3.8, 4) is 0 Å². The van der Waals surface area contributed by atoms with Gasteiger partial charge in [0.15, 0.2) is 0 Å². The van der Waals surface area contributed by atoms with Gasteiger partial charge in [0, 0.05) is 19.2 Å². The number of amides is 3. The van der Waals surface area contributed by atoms with E-state index < -0.39 is 12.1 Å². The first kappa shape index (κ1) is 20.0. The second-order valence-corrected chi connectivity index (χ2v) is 5.99. The summed E-state index contributed by atoms with van der Waals surface area (Å²) in [5, 5.41) is 5.26. The van der Waals surface area contributed by atoms with Gasteiger partial charge in [-0.1, -0.05) is 48.5 Å². The van der Waals surface area contributed by atoms with Crippen molar-refractivity contribution in [3.63, 3.8) is 0 Å². The van der Waals surface area contributed by atoms with Crippen molar-refractivity contribution >= 4 is 23.6 Å². The number of hydrogen-bond donors (Lipinski definition) is 2. The van der Waals surface area contributed by atoms with Crippen LogP contribution in [0.3, 0.4) is 0 Å². The van der Waals surface area contributed by atoms with Crippen LogP contribution in [0.1, 0.15) is 5.56 Å². The Kier molecular flexibility index (Phi) is 7.37. The first-order chi connectivity index (χ1) is 13.0. The van der Waals surface area contributed by atoms with Crippen LogP contribution in [0.5, 0.6) is 0 Å². The Morgan fingerprint density at radius 1 is 1.00 bits per heavy atom. The number of rotatable bonds is 7. The van der Waals surface area contributed by atoms with E-state index in [2.05, 4.69) is 15.4 Å². The average molecular weight is 369 g/mol. The molecule has 0 saturated carbocycles. The highest BCUT2D eigenvalue weighted by molar-refractivity contribution is 5.95. The maximum Gasteiger partial charge on any atom is 0.407 e. The van der Waals surface area contributed by atoms with Gasteiger partial charge in [0.05, 0.1) is 13.7 Å². The van der Waals surface area contributed by atoms with Crippen LogP contribution in [0.25, 0.3) is 0 Å². The zero-order valence-electron chi connectivity index (χ0n) is 15.3. The van der Waals surface area contributed by atoms with Gasteiger partial charge in [0.25, 0.3) is 0 Å². The van der Waals surface area contributed by atoms with E-state index in [4.69, 9.17) is 0 Å². The molecule has 0 aliphatic rings. The number of nitrogens with one attached hydrogen (secondary N) is 2. The number of methoxy groups -OCH3 is 1. The highest BCUT2D eigenvalue weighted by Crippen LogP contribution is 2.08. The molecule has 27 heavy (non-hydrogen) atoms. The summed E-state index contributed by atoms with van der Waals surface area (Å²) in [4.78, 5) is 37.8. The van der Waals surface area contributed by atoms with Gasteiger partial charge in [-0.2, -0.15) is 0 Å². The summed E-state index contributed by atoms with van der Waals surface area (Å²) in [6.07, 6.45) is -0.411. The van der Waals surface area contributed by atoms with E-state index >= 15 is 0 Å². The minimum Gasteiger partial charge on any atom is -0.453 e. The predicted molar refractivity (Wildman–Crippen MR) is 102 cm³/mol. The summed E-state index contributed by atoms with van der Waals surface area (Å²) in [5.74, 6) is -0.707. The van der Waals surface area contributed by atoms with Crippen molar-refractivity contribution in [2.45, 2.75) is 12.5 Å². The highest BCUT2D eigenvalue weighted by atomic mass is 16.5. The molecule has 1 atom stereocenters. The van der Waals surface area contributed by atoms with Crippen molar-refractivity contribution in [1.29, 1.82) is 0 Å². The molecule has 0 aliphatic carbocycles. The zero-order chi connectivity index (χ0) is 19.6. The van der Waals surface area contributed by atoms with Gasteiger partial charge < -0.3 is 20.3 Å². The normalized spacial score (nSPS) is 11.2.